The van der Waals surface area contributed by atoms with Crippen molar-refractivity contribution in [1.82, 2.24) is 10.2 Å². The van der Waals surface area contributed by atoms with Crippen LogP contribution in [-0.4, -0.2) is 34.6 Å². The van der Waals surface area contributed by atoms with Crippen LogP contribution in [0.5, 0.6) is 0 Å². The van der Waals surface area contributed by atoms with Crippen LogP contribution in [0, 0.1) is 0 Å². The van der Waals surface area contributed by atoms with Gasteiger partial charge in [-0.3, -0.25) is 29.4 Å². The summed E-state index contributed by atoms with van der Waals surface area (Å²) in [5.74, 6) is -2.89. The molecule has 1 aromatic rings. The lowest BCUT2D eigenvalue weighted by Crippen LogP contribution is -2.49. The van der Waals surface area contributed by atoms with Crippen molar-refractivity contribution in [3.8, 4) is 0 Å². The van der Waals surface area contributed by atoms with E-state index < -0.39 is 41.0 Å². The van der Waals surface area contributed by atoms with Crippen molar-refractivity contribution < 1.29 is 28.0 Å². The summed E-state index contributed by atoms with van der Waals surface area (Å²) in [4.78, 5) is 48.1. The molecule has 4 amide bonds. The molecule has 1 saturated heterocycles. The van der Waals surface area contributed by atoms with Gasteiger partial charge in [-0.25, -0.2) is 8.78 Å². The molecule has 1 N–H and O–H groups in total. The highest BCUT2D eigenvalue weighted by molar-refractivity contribution is 7.10. The number of fused-ring (bicyclic) bond motifs is 1. The summed E-state index contributed by atoms with van der Waals surface area (Å²) in [6.45, 7) is 0. The number of nitrogens with one attached hydrogen (secondary N) is 1. The van der Waals surface area contributed by atoms with E-state index in [0.717, 1.165) is 0 Å². The number of imide groups is 2. The van der Waals surface area contributed by atoms with Crippen LogP contribution in [-0.2, 0) is 9.59 Å². The fraction of sp³-hybridized carbons (Fsp3) is 0.385. The lowest BCUT2D eigenvalue weighted by Gasteiger charge is -2.23. The maximum atomic E-state index is 12.9. The van der Waals surface area contributed by atoms with E-state index in [4.69, 9.17) is 0 Å². The molecule has 1 fully saturated rings. The number of hydrogen-bond acceptors (Lipinski definition) is 5. The molecule has 1 aromatic heterocycles. The summed E-state index contributed by atoms with van der Waals surface area (Å²) in [5, 5.41) is 3.30. The van der Waals surface area contributed by atoms with Gasteiger partial charge in [0.15, 0.2) is 0 Å². The van der Waals surface area contributed by atoms with E-state index in [1.54, 1.807) is 0 Å². The number of carbonyl (C=O) groups is 4. The molecular weight excluding hydrogens is 318 g/mol. The summed E-state index contributed by atoms with van der Waals surface area (Å²) >= 11 is 0.649. The highest BCUT2D eigenvalue weighted by Crippen LogP contribution is 2.38. The minimum atomic E-state index is -2.87. The first-order chi connectivity index (χ1) is 10.4. The van der Waals surface area contributed by atoms with Crippen LogP contribution >= 0.6 is 11.3 Å². The van der Waals surface area contributed by atoms with Gasteiger partial charge in [-0.05, 0) is 12.8 Å². The lowest BCUT2D eigenvalue weighted by atomic mass is 10.1. The van der Waals surface area contributed by atoms with E-state index in [9.17, 15) is 28.0 Å². The Kier molecular flexibility index (Phi) is 3.51. The van der Waals surface area contributed by atoms with Crippen molar-refractivity contribution in [2.75, 3.05) is 0 Å². The molecule has 22 heavy (non-hydrogen) atoms. The Labute approximate surface area is 127 Å². The second kappa shape index (κ2) is 5.24. The molecule has 0 aromatic carbocycles. The fourth-order valence-electron chi connectivity index (χ4n) is 2.65. The number of rotatable bonds is 2. The number of alkyl halides is 2. The van der Waals surface area contributed by atoms with Gasteiger partial charge < -0.3 is 0 Å². The highest BCUT2D eigenvalue weighted by atomic mass is 32.1. The summed E-state index contributed by atoms with van der Waals surface area (Å²) in [6.07, 6.45) is -2.29. The Balaban J connectivity index is 1.97. The molecule has 3 rings (SSSR count). The average Bonchev–Trinajstić information content (AvgIpc) is 2.92. The molecule has 9 heteroatoms. The first-order valence-corrected chi connectivity index (χ1v) is 7.41. The third-order valence-corrected chi connectivity index (χ3v) is 4.65. The summed E-state index contributed by atoms with van der Waals surface area (Å²) in [7, 11) is 0. The lowest BCUT2D eigenvalue weighted by molar-refractivity contribution is -0.131. The zero-order valence-corrected chi connectivity index (χ0v) is 11.9. The molecule has 6 nitrogen and oxygen atoms in total. The Hall–Kier alpha value is -2.16. The molecule has 2 aliphatic rings. The van der Waals surface area contributed by atoms with Crippen molar-refractivity contribution in [3.05, 3.63) is 21.4 Å². The van der Waals surface area contributed by atoms with Crippen molar-refractivity contribution in [3.63, 3.8) is 0 Å². The van der Waals surface area contributed by atoms with Crippen LogP contribution in [0.15, 0.2) is 5.38 Å². The van der Waals surface area contributed by atoms with Crippen LogP contribution in [0.25, 0.3) is 0 Å². The Bertz CT molecular complexity index is 700. The third kappa shape index (κ3) is 2.12. The molecule has 0 aliphatic carbocycles. The molecule has 0 spiro atoms. The Morgan fingerprint density at radius 1 is 1.23 bits per heavy atom. The number of halogens is 2. The molecule has 0 saturated carbocycles. The van der Waals surface area contributed by atoms with Crippen LogP contribution in [0.1, 0.15) is 51.3 Å². The van der Waals surface area contributed by atoms with E-state index in [1.807, 2.05) is 0 Å². The van der Waals surface area contributed by atoms with E-state index in [0.29, 0.717) is 22.7 Å². The van der Waals surface area contributed by atoms with Gasteiger partial charge in [-0.2, -0.15) is 0 Å². The minimum absolute atomic E-state index is 0.103. The van der Waals surface area contributed by atoms with Gasteiger partial charge in [0.25, 0.3) is 18.2 Å². The van der Waals surface area contributed by atoms with Gasteiger partial charge in [0.05, 0.1) is 16.0 Å². The van der Waals surface area contributed by atoms with E-state index in [1.165, 1.54) is 5.38 Å². The highest BCUT2D eigenvalue weighted by Gasteiger charge is 2.46. The van der Waals surface area contributed by atoms with Gasteiger partial charge in [-0.1, -0.05) is 0 Å². The second-order valence-electron chi connectivity index (χ2n) is 4.99. The van der Waals surface area contributed by atoms with Crippen molar-refractivity contribution in [2.24, 2.45) is 0 Å². The van der Waals surface area contributed by atoms with Gasteiger partial charge in [0, 0.05) is 11.8 Å². The molecule has 2 aliphatic heterocycles. The van der Waals surface area contributed by atoms with E-state index in [2.05, 4.69) is 5.32 Å². The quantitative estimate of drug-likeness (QED) is 0.834. The first kappa shape index (κ1) is 14.8. The molecule has 3 heterocycles. The van der Waals surface area contributed by atoms with Gasteiger partial charge in [0.1, 0.15) is 6.04 Å². The SMILES string of the molecule is O=C1CCC[C@H](N2C(=O)c3csc(C(F)F)c3C2=O)C(=O)N1. The molecule has 116 valence electrons. The predicted molar refractivity (Wildman–Crippen MR) is 70.6 cm³/mol. The topological polar surface area (TPSA) is 83.6 Å². The van der Waals surface area contributed by atoms with Crippen LogP contribution in [0.4, 0.5) is 8.78 Å². The smallest absolute Gasteiger partial charge is 0.273 e. The normalized spacial score (nSPS) is 22.1. The van der Waals surface area contributed by atoms with E-state index in [-0.39, 0.29) is 24.0 Å². The number of nitrogens with zero attached hydrogens (tertiary/aromatic N) is 1. The number of thiophene rings is 1. The van der Waals surface area contributed by atoms with Crippen LogP contribution < -0.4 is 5.32 Å². The van der Waals surface area contributed by atoms with Crippen LogP contribution in [0.3, 0.4) is 0 Å². The maximum absolute atomic E-state index is 12.9. The monoisotopic (exact) mass is 328 g/mol. The summed E-state index contributed by atoms with van der Waals surface area (Å²) in [6, 6.07) is -1.14. The molecule has 0 bridgehead atoms. The second-order valence-corrected chi connectivity index (χ2v) is 5.90. The zero-order chi connectivity index (χ0) is 16.0. The molecule has 1 atom stereocenters. The third-order valence-electron chi connectivity index (χ3n) is 3.66. The largest absolute Gasteiger partial charge is 0.295 e. The molecule has 0 unspecified atom stereocenters. The number of carbonyl (C=O) groups excluding carboxylic acids is 4. The summed E-state index contributed by atoms with van der Waals surface area (Å²) < 4.78 is 25.8. The van der Waals surface area contributed by atoms with Crippen molar-refractivity contribution in [2.45, 2.75) is 31.7 Å². The number of hydrogen-bond donors (Lipinski definition) is 1. The standard InChI is InChI=1S/C13H10F2N2O4S/c14-10(15)9-8-5(4-22-9)12(20)17(13(8)21)6-2-1-3-7(18)16-11(6)19/h4,6,10H,1-3H2,(H,16,18,19)/t6-/m0/s1. The summed E-state index contributed by atoms with van der Waals surface area (Å²) in [5.41, 5.74) is -0.429. The fourth-order valence-corrected chi connectivity index (χ4v) is 3.54. The molecular formula is C13H10F2N2O4S. The van der Waals surface area contributed by atoms with Crippen molar-refractivity contribution in [1.29, 1.82) is 0 Å². The van der Waals surface area contributed by atoms with Gasteiger partial charge >= 0.3 is 0 Å². The maximum Gasteiger partial charge on any atom is 0.273 e. The van der Waals surface area contributed by atoms with E-state index >= 15 is 0 Å². The van der Waals surface area contributed by atoms with Crippen LogP contribution in [0.2, 0.25) is 0 Å². The average molecular weight is 328 g/mol. The zero-order valence-electron chi connectivity index (χ0n) is 11.1. The van der Waals surface area contributed by atoms with Gasteiger partial charge in [-0.15, -0.1) is 11.3 Å². The first-order valence-electron chi connectivity index (χ1n) is 6.53. The molecule has 0 radical (unpaired) electrons. The van der Waals surface area contributed by atoms with Crippen molar-refractivity contribution >= 4 is 35.0 Å². The van der Waals surface area contributed by atoms with Gasteiger partial charge in [0.2, 0.25) is 11.8 Å². The minimum Gasteiger partial charge on any atom is -0.295 e. The Morgan fingerprint density at radius 2 is 1.95 bits per heavy atom. The predicted octanol–water partition coefficient (Wildman–Crippen LogP) is 1.48. The Morgan fingerprint density at radius 3 is 2.64 bits per heavy atom. The number of amides is 4.